The molecular formula is C8H14O5. The number of carbonyl (C=O) groups is 1. The van der Waals surface area contributed by atoms with Gasteiger partial charge >= 0.3 is 5.97 Å². The lowest BCUT2D eigenvalue weighted by atomic mass is 10.0. The van der Waals surface area contributed by atoms with E-state index in [0.717, 1.165) is 0 Å². The number of rotatable bonds is 1. The molecule has 5 heteroatoms. The first kappa shape index (κ1) is 10.4. The van der Waals surface area contributed by atoms with Gasteiger partial charge in [0, 0.05) is 13.3 Å². The molecule has 0 amide bonds. The molecule has 0 spiro atoms. The molecule has 0 bridgehead atoms. The predicted molar refractivity (Wildman–Crippen MR) is 42.7 cm³/mol. The zero-order valence-corrected chi connectivity index (χ0v) is 7.64. The van der Waals surface area contributed by atoms with E-state index in [0.29, 0.717) is 0 Å². The molecule has 0 radical (unpaired) electrons. The molecule has 1 saturated heterocycles. The van der Waals surface area contributed by atoms with E-state index in [9.17, 15) is 9.90 Å². The van der Waals surface area contributed by atoms with E-state index in [2.05, 4.69) is 0 Å². The maximum Gasteiger partial charge on any atom is 0.302 e. The van der Waals surface area contributed by atoms with E-state index in [1.807, 2.05) is 0 Å². The summed E-state index contributed by atoms with van der Waals surface area (Å²) in [5, 5.41) is 18.3. The third-order valence-electron chi connectivity index (χ3n) is 2.00. The average Bonchev–Trinajstić information content (AvgIpc) is 1.99. The molecule has 0 aromatic heterocycles. The largest absolute Gasteiger partial charge is 0.460 e. The molecule has 76 valence electrons. The highest BCUT2D eigenvalue weighted by molar-refractivity contribution is 5.66. The molecule has 2 unspecified atom stereocenters. The molecule has 0 aromatic rings. The third-order valence-corrected chi connectivity index (χ3v) is 2.00. The van der Waals surface area contributed by atoms with Crippen LogP contribution >= 0.6 is 0 Å². The zero-order valence-electron chi connectivity index (χ0n) is 7.64. The average molecular weight is 190 g/mol. The summed E-state index contributed by atoms with van der Waals surface area (Å²) in [6.07, 6.45) is -2.82. The van der Waals surface area contributed by atoms with Gasteiger partial charge in [-0.25, -0.2) is 0 Å². The first-order valence-corrected chi connectivity index (χ1v) is 4.19. The summed E-state index contributed by atoms with van der Waals surface area (Å²) in [6.45, 7) is 2.98. The Bertz CT molecular complexity index is 193. The summed E-state index contributed by atoms with van der Waals surface area (Å²) >= 11 is 0. The van der Waals surface area contributed by atoms with E-state index < -0.39 is 24.5 Å². The third kappa shape index (κ3) is 2.65. The van der Waals surface area contributed by atoms with Crippen LogP contribution in [-0.4, -0.2) is 40.8 Å². The van der Waals surface area contributed by atoms with Gasteiger partial charge in [0.15, 0.2) is 6.29 Å². The maximum atomic E-state index is 10.6. The van der Waals surface area contributed by atoms with E-state index in [1.54, 1.807) is 6.92 Å². The Balaban J connectivity index is 2.51. The maximum absolute atomic E-state index is 10.6. The lowest BCUT2D eigenvalue weighted by molar-refractivity contribution is -0.245. The smallest absolute Gasteiger partial charge is 0.302 e. The van der Waals surface area contributed by atoms with E-state index in [1.165, 1.54) is 6.92 Å². The molecule has 0 aromatic carbocycles. The van der Waals surface area contributed by atoms with Gasteiger partial charge in [0.2, 0.25) is 0 Å². The van der Waals surface area contributed by atoms with Crippen LogP contribution in [-0.2, 0) is 14.3 Å². The van der Waals surface area contributed by atoms with E-state index in [-0.39, 0.29) is 12.5 Å². The fraction of sp³-hybridized carbons (Fsp3) is 0.875. The molecule has 0 aliphatic carbocycles. The van der Waals surface area contributed by atoms with Crippen molar-refractivity contribution in [3.8, 4) is 0 Å². The first-order chi connectivity index (χ1) is 6.00. The molecule has 5 nitrogen and oxygen atoms in total. The molecular weight excluding hydrogens is 176 g/mol. The van der Waals surface area contributed by atoms with E-state index in [4.69, 9.17) is 14.6 Å². The number of ether oxygens (including phenoxy) is 2. The number of hydrogen-bond acceptors (Lipinski definition) is 5. The van der Waals surface area contributed by atoms with Gasteiger partial charge in [0.1, 0.15) is 12.2 Å². The highest BCUT2D eigenvalue weighted by atomic mass is 16.6. The number of aliphatic hydroxyl groups excluding tert-OH is 2. The summed E-state index contributed by atoms with van der Waals surface area (Å²) in [5.74, 6) is -0.413. The van der Waals surface area contributed by atoms with Crippen molar-refractivity contribution in [2.24, 2.45) is 0 Å². The summed E-state index contributed by atoms with van der Waals surface area (Å²) in [5.41, 5.74) is 0. The minimum absolute atomic E-state index is 0.210. The number of hydrogen-bond donors (Lipinski definition) is 2. The SMILES string of the molecule is CC(=O)OC1C[C@@H](O)C(O)O[C@H]1C. The van der Waals surface area contributed by atoms with Crippen molar-refractivity contribution in [3.05, 3.63) is 0 Å². The van der Waals surface area contributed by atoms with Crippen LogP contribution in [0.2, 0.25) is 0 Å². The van der Waals surface area contributed by atoms with Gasteiger partial charge in [-0.15, -0.1) is 0 Å². The second-order valence-corrected chi connectivity index (χ2v) is 3.18. The van der Waals surface area contributed by atoms with Gasteiger partial charge in [-0.1, -0.05) is 0 Å². The quantitative estimate of drug-likeness (QED) is 0.540. The van der Waals surface area contributed by atoms with Crippen molar-refractivity contribution < 1.29 is 24.5 Å². The van der Waals surface area contributed by atoms with Crippen molar-refractivity contribution in [1.29, 1.82) is 0 Å². The Morgan fingerprint density at radius 3 is 2.69 bits per heavy atom. The van der Waals surface area contributed by atoms with Gasteiger partial charge in [-0.3, -0.25) is 4.79 Å². The highest BCUT2D eigenvalue weighted by Crippen LogP contribution is 2.21. The Kier molecular flexibility index (Phi) is 3.24. The van der Waals surface area contributed by atoms with Gasteiger partial charge < -0.3 is 19.7 Å². The normalized spacial score (nSPS) is 40.0. The van der Waals surface area contributed by atoms with Crippen molar-refractivity contribution in [1.82, 2.24) is 0 Å². The lowest BCUT2D eigenvalue weighted by Gasteiger charge is -2.34. The number of aliphatic hydroxyl groups is 2. The molecule has 1 heterocycles. The lowest BCUT2D eigenvalue weighted by Crippen LogP contribution is -2.47. The Labute approximate surface area is 76.3 Å². The Morgan fingerprint density at radius 1 is 1.54 bits per heavy atom. The van der Waals surface area contributed by atoms with Crippen LogP contribution in [0.3, 0.4) is 0 Å². The first-order valence-electron chi connectivity index (χ1n) is 4.19. The number of esters is 1. The highest BCUT2D eigenvalue weighted by Gasteiger charge is 2.35. The standard InChI is InChI=1S/C8H14O5/c1-4-7(13-5(2)9)3-6(10)8(11)12-4/h4,6-8,10-11H,3H2,1-2H3/t4-,6+,7?,8?/m0/s1. The van der Waals surface area contributed by atoms with Gasteiger partial charge in [-0.05, 0) is 6.92 Å². The molecule has 2 N–H and O–H groups in total. The Hall–Kier alpha value is -0.650. The van der Waals surface area contributed by atoms with Gasteiger partial charge in [0.25, 0.3) is 0 Å². The van der Waals surface area contributed by atoms with E-state index >= 15 is 0 Å². The molecule has 13 heavy (non-hydrogen) atoms. The second kappa shape index (κ2) is 4.04. The fourth-order valence-electron chi connectivity index (χ4n) is 1.30. The summed E-state index contributed by atoms with van der Waals surface area (Å²) < 4.78 is 9.83. The van der Waals surface area contributed by atoms with Gasteiger partial charge in [0.05, 0.1) is 6.10 Å². The minimum atomic E-state index is -1.18. The molecule has 1 rings (SSSR count). The van der Waals surface area contributed by atoms with Crippen LogP contribution in [0.25, 0.3) is 0 Å². The van der Waals surface area contributed by atoms with Gasteiger partial charge in [-0.2, -0.15) is 0 Å². The number of carbonyl (C=O) groups excluding carboxylic acids is 1. The van der Waals surface area contributed by atoms with Crippen molar-refractivity contribution >= 4 is 5.97 Å². The van der Waals surface area contributed by atoms with Crippen LogP contribution < -0.4 is 0 Å². The van der Waals surface area contributed by atoms with Crippen molar-refractivity contribution in [3.63, 3.8) is 0 Å². The summed E-state index contributed by atoms with van der Waals surface area (Å²) in [6, 6.07) is 0. The monoisotopic (exact) mass is 190 g/mol. The topological polar surface area (TPSA) is 76.0 Å². The van der Waals surface area contributed by atoms with Crippen LogP contribution in [0.15, 0.2) is 0 Å². The van der Waals surface area contributed by atoms with Crippen LogP contribution in [0, 0.1) is 0 Å². The van der Waals surface area contributed by atoms with Crippen LogP contribution in [0.4, 0.5) is 0 Å². The predicted octanol–water partition coefficient (Wildman–Crippen LogP) is -0.594. The molecule has 1 aliphatic heterocycles. The van der Waals surface area contributed by atoms with Crippen LogP contribution in [0.5, 0.6) is 0 Å². The zero-order chi connectivity index (χ0) is 10.0. The summed E-state index contributed by atoms with van der Waals surface area (Å²) in [4.78, 5) is 10.6. The fourth-order valence-corrected chi connectivity index (χ4v) is 1.30. The molecule has 0 saturated carbocycles. The molecule has 1 aliphatic rings. The Morgan fingerprint density at radius 2 is 2.15 bits per heavy atom. The van der Waals surface area contributed by atoms with Crippen LogP contribution in [0.1, 0.15) is 20.3 Å². The second-order valence-electron chi connectivity index (χ2n) is 3.18. The van der Waals surface area contributed by atoms with Crippen molar-refractivity contribution in [2.75, 3.05) is 0 Å². The van der Waals surface area contributed by atoms with Crippen molar-refractivity contribution in [2.45, 2.75) is 44.9 Å². The molecule has 1 fully saturated rings. The minimum Gasteiger partial charge on any atom is -0.460 e. The molecule has 4 atom stereocenters. The summed E-state index contributed by atoms with van der Waals surface area (Å²) in [7, 11) is 0.